The molecule has 0 aromatic carbocycles. The fourth-order valence-electron chi connectivity index (χ4n) is 1.95. The Morgan fingerprint density at radius 3 is 2.65 bits per heavy atom. The molecule has 0 radical (unpaired) electrons. The molecule has 0 aliphatic heterocycles. The van der Waals surface area contributed by atoms with Crippen LogP contribution in [0.1, 0.15) is 38.1 Å². The molecule has 0 fully saturated rings. The number of hydrogen-bond acceptors (Lipinski definition) is 3. The van der Waals surface area contributed by atoms with E-state index in [1.807, 2.05) is 13.8 Å². The number of aryl methyl sites for hydroxylation is 2. The molecule has 0 spiro atoms. The highest BCUT2D eigenvalue weighted by Crippen LogP contribution is 2.26. The summed E-state index contributed by atoms with van der Waals surface area (Å²) in [4.78, 5) is 10.7. The first-order valence-electron chi connectivity index (χ1n) is 5.85. The topological polar surface area (TPSA) is 61.0 Å². The maximum atomic E-state index is 11.0. The predicted octanol–water partition coefficient (Wildman–Crippen LogP) is 3.07. The molecule has 1 heterocycles. The molecule has 0 aliphatic carbocycles. The molecule has 0 aliphatic rings. The van der Waals surface area contributed by atoms with Crippen molar-refractivity contribution in [1.29, 1.82) is 0 Å². The van der Waals surface area contributed by atoms with Gasteiger partial charge in [-0.3, -0.25) is 14.8 Å². The average Bonchev–Trinajstić information content (AvgIpc) is 2.55. The molecule has 0 saturated heterocycles. The van der Waals surface area contributed by atoms with Crippen molar-refractivity contribution in [3.05, 3.63) is 21.5 Å². The van der Waals surface area contributed by atoms with Crippen LogP contribution in [0.3, 0.4) is 0 Å². The van der Waals surface area contributed by atoms with Crippen LogP contribution in [0.4, 0.5) is 5.69 Å². The van der Waals surface area contributed by atoms with E-state index in [1.54, 1.807) is 11.6 Å². The maximum Gasteiger partial charge on any atom is 0.313 e. The van der Waals surface area contributed by atoms with Crippen molar-refractivity contribution in [2.45, 2.75) is 52.0 Å². The molecule has 17 heavy (non-hydrogen) atoms. The maximum absolute atomic E-state index is 11.0. The number of alkyl halides is 1. The molecule has 1 aromatic heterocycles. The number of nitro groups is 1. The Morgan fingerprint density at radius 1 is 1.53 bits per heavy atom. The van der Waals surface area contributed by atoms with E-state index in [0.717, 1.165) is 12.8 Å². The van der Waals surface area contributed by atoms with Crippen LogP contribution in [-0.4, -0.2) is 20.1 Å². The Balaban J connectivity index is 3.06. The first-order valence-corrected chi connectivity index (χ1v) is 6.29. The molecule has 0 bridgehead atoms. The van der Waals surface area contributed by atoms with Gasteiger partial charge in [-0.05, 0) is 20.3 Å². The van der Waals surface area contributed by atoms with Crippen molar-refractivity contribution in [2.24, 2.45) is 0 Å². The average molecular weight is 260 g/mol. The number of hydrogen-bond donors (Lipinski definition) is 0. The second-order valence-electron chi connectivity index (χ2n) is 4.04. The molecule has 96 valence electrons. The van der Waals surface area contributed by atoms with Gasteiger partial charge < -0.3 is 0 Å². The van der Waals surface area contributed by atoms with Crippen molar-refractivity contribution in [3.8, 4) is 0 Å². The summed E-state index contributed by atoms with van der Waals surface area (Å²) in [6.45, 7) is 6.26. The van der Waals surface area contributed by atoms with Crippen molar-refractivity contribution in [3.63, 3.8) is 0 Å². The summed E-state index contributed by atoms with van der Waals surface area (Å²) < 4.78 is 1.68. The van der Waals surface area contributed by atoms with Crippen LogP contribution in [0.5, 0.6) is 0 Å². The fraction of sp³-hybridized carbons (Fsp3) is 0.727. The lowest BCUT2D eigenvalue weighted by Crippen LogP contribution is -2.11. The van der Waals surface area contributed by atoms with Crippen LogP contribution in [0, 0.1) is 17.0 Å². The second-order valence-corrected chi connectivity index (χ2v) is 4.66. The Hall–Kier alpha value is -1.10. The van der Waals surface area contributed by atoms with Crippen molar-refractivity contribution in [1.82, 2.24) is 9.78 Å². The van der Waals surface area contributed by atoms with E-state index in [0.29, 0.717) is 24.4 Å². The van der Waals surface area contributed by atoms with E-state index in [9.17, 15) is 10.1 Å². The molecule has 6 heteroatoms. The van der Waals surface area contributed by atoms with Crippen LogP contribution in [-0.2, 0) is 13.0 Å². The van der Waals surface area contributed by atoms with Gasteiger partial charge in [0.25, 0.3) is 0 Å². The third-order valence-electron chi connectivity index (χ3n) is 2.70. The minimum absolute atomic E-state index is 0.0694. The standard InChI is InChI=1S/C11H18ClN3O2/c1-4-6-9(12)7-10-11(15(16)17)8(3)13-14(10)5-2/h9H,4-7H2,1-3H3. The Kier molecular flexibility index (Phi) is 4.93. The number of aromatic nitrogens is 2. The van der Waals surface area contributed by atoms with Gasteiger partial charge in [0.2, 0.25) is 0 Å². The second kappa shape index (κ2) is 6.00. The summed E-state index contributed by atoms with van der Waals surface area (Å²) in [6.07, 6.45) is 2.33. The van der Waals surface area contributed by atoms with Gasteiger partial charge in [0.15, 0.2) is 0 Å². The molecule has 0 saturated carbocycles. The molecule has 1 unspecified atom stereocenters. The van der Waals surface area contributed by atoms with Crippen LogP contribution < -0.4 is 0 Å². The molecule has 5 nitrogen and oxygen atoms in total. The fourth-order valence-corrected chi connectivity index (χ4v) is 2.31. The highest BCUT2D eigenvalue weighted by molar-refractivity contribution is 6.20. The third-order valence-corrected chi connectivity index (χ3v) is 3.07. The molecule has 1 atom stereocenters. The molecular weight excluding hydrogens is 242 g/mol. The summed E-state index contributed by atoms with van der Waals surface area (Å²) in [6, 6.07) is 0. The molecular formula is C11H18ClN3O2. The zero-order valence-electron chi connectivity index (χ0n) is 10.4. The van der Waals surface area contributed by atoms with E-state index in [4.69, 9.17) is 11.6 Å². The van der Waals surface area contributed by atoms with Gasteiger partial charge in [0.05, 0.1) is 4.92 Å². The lowest BCUT2D eigenvalue weighted by Gasteiger charge is -2.08. The summed E-state index contributed by atoms with van der Waals surface area (Å²) >= 11 is 6.17. The summed E-state index contributed by atoms with van der Waals surface area (Å²) in [5.74, 6) is 0. The van der Waals surface area contributed by atoms with Crippen molar-refractivity contribution < 1.29 is 4.92 Å². The molecule has 1 aromatic rings. The molecule has 0 N–H and O–H groups in total. The van der Waals surface area contributed by atoms with Gasteiger partial charge in [-0.2, -0.15) is 5.10 Å². The first kappa shape index (κ1) is 14.0. The highest BCUT2D eigenvalue weighted by Gasteiger charge is 2.25. The normalized spacial score (nSPS) is 12.7. The van der Waals surface area contributed by atoms with Gasteiger partial charge in [-0.25, -0.2) is 0 Å². The third kappa shape index (κ3) is 3.19. The number of rotatable bonds is 6. The van der Waals surface area contributed by atoms with Crippen LogP contribution in [0.15, 0.2) is 0 Å². The van der Waals surface area contributed by atoms with Gasteiger partial charge in [0, 0.05) is 18.3 Å². The van der Waals surface area contributed by atoms with E-state index in [2.05, 4.69) is 5.10 Å². The van der Waals surface area contributed by atoms with Gasteiger partial charge >= 0.3 is 5.69 Å². The SMILES string of the molecule is CCCC(Cl)Cc1c([N+](=O)[O-])c(C)nn1CC. The molecule has 0 amide bonds. The smallest absolute Gasteiger partial charge is 0.262 e. The van der Waals surface area contributed by atoms with Gasteiger partial charge in [-0.15, -0.1) is 11.6 Å². The van der Waals surface area contributed by atoms with Crippen LogP contribution in [0.25, 0.3) is 0 Å². The van der Waals surface area contributed by atoms with Gasteiger partial charge in [0.1, 0.15) is 11.4 Å². The Morgan fingerprint density at radius 2 is 2.18 bits per heavy atom. The zero-order chi connectivity index (χ0) is 13.0. The van der Waals surface area contributed by atoms with Crippen LogP contribution in [0.2, 0.25) is 0 Å². The summed E-state index contributed by atoms with van der Waals surface area (Å²) in [5.41, 5.74) is 1.23. The predicted molar refractivity (Wildman–Crippen MR) is 67.5 cm³/mol. The summed E-state index contributed by atoms with van der Waals surface area (Å²) in [7, 11) is 0. The van der Waals surface area contributed by atoms with Crippen LogP contribution >= 0.6 is 11.6 Å². The first-order chi connectivity index (χ1) is 8.01. The van der Waals surface area contributed by atoms with E-state index in [-0.39, 0.29) is 16.0 Å². The van der Waals surface area contributed by atoms with Crippen molar-refractivity contribution >= 4 is 17.3 Å². The Bertz CT molecular complexity index is 404. The minimum Gasteiger partial charge on any atom is -0.262 e. The minimum atomic E-state index is -0.362. The Labute approximate surface area is 106 Å². The quantitative estimate of drug-likeness (QED) is 0.448. The monoisotopic (exact) mass is 259 g/mol. The highest BCUT2D eigenvalue weighted by atomic mass is 35.5. The number of halogens is 1. The number of nitrogens with zero attached hydrogens (tertiary/aromatic N) is 3. The van der Waals surface area contributed by atoms with Crippen molar-refractivity contribution in [2.75, 3.05) is 0 Å². The van der Waals surface area contributed by atoms with Gasteiger partial charge in [-0.1, -0.05) is 13.3 Å². The van der Waals surface area contributed by atoms with E-state index in [1.165, 1.54) is 0 Å². The zero-order valence-corrected chi connectivity index (χ0v) is 11.2. The lowest BCUT2D eigenvalue weighted by molar-refractivity contribution is -0.386. The largest absolute Gasteiger partial charge is 0.313 e. The van der Waals surface area contributed by atoms with E-state index < -0.39 is 0 Å². The summed E-state index contributed by atoms with van der Waals surface area (Å²) in [5, 5.41) is 15.1. The van der Waals surface area contributed by atoms with E-state index >= 15 is 0 Å². The lowest BCUT2D eigenvalue weighted by atomic mass is 10.1. The molecule has 1 rings (SSSR count).